The third-order valence-corrected chi connectivity index (χ3v) is 3.85. The number of alkyl halides is 3. The van der Waals surface area contributed by atoms with Gasteiger partial charge in [-0.3, -0.25) is 4.79 Å². The number of rotatable bonds is 5. The zero-order chi connectivity index (χ0) is 23.3. The number of carbonyl (C=O) groups is 2. The Hall–Kier alpha value is -4.01. The summed E-state index contributed by atoms with van der Waals surface area (Å²) < 4.78 is 55.4. The lowest BCUT2D eigenvalue weighted by Gasteiger charge is -2.10. The number of hydrogen-bond acceptors (Lipinski definition) is 8. The van der Waals surface area contributed by atoms with Crippen molar-refractivity contribution in [3.8, 4) is 0 Å². The highest BCUT2D eigenvalue weighted by molar-refractivity contribution is 6.31. The minimum Gasteiger partial charge on any atom is -0.345 e. The van der Waals surface area contributed by atoms with Crippen molar-refractivity contribution in [2.75, 3.05) is 0 Å². The lowest BCUT2D eigenvalue weighted by atomic mass is 10.2. The number of nitrogens with zero attached hydrogens (tertiary/aromatic N) is 4. The molecule has 0 unspecified atom stereocenters. The quantitative estimate of drug-likeness (QED) is 0.220. The van der Waals surface area contributed by atoms with E-state index in [0.717, 1.165) is 18.2 Å². The number of amidine groups is 1. The first-order chi connectivity index (χ1) is 15.1. The molecule has 1 amide bonds. The minimum absolute atomic E-state index is 0.0441. The van der Waals surface area contributed by atoms with E-state index in [1.54, 1.807) is 5.48 Å². The Balaban J connectivity index is 1.87. The van der Waals surface area contributed by atoms with Gasteiger partial charge < -0.3 is 15.1 Å². The van der Waals surface area contributed by atoms with Crippen LogP contribution in [0.1, 0.15) is 21.9 Å². The molecule has 11 nitrogen and oxygen atoms in total. The van der Waals surface area contributed by atoms with Gasteiger partial charge >= 0.3 is 12.1 Å². The van der Waals surface area contributed by atoms with E-state index >= 15 is 0 Å². The molecule has 0 saturated carbocycles. The molecule has 0 spiro atoms. The molecule has 0 atom stereocenters. The number of aliphatic imine (C=N–C) groups is 1. The standard InChI is InChI=1S/C16H10ClF4N7O4/c17-8-3-7(1-2-9(8)18)25-13(28-31-15(30)16(19,20)21)12-10(26-32-27-12)5-23-14(29)11-4-22-6-24-11/h1-4,6H,5H2,(H,22,24)(H,23,29)(H,25,28). The van der Waals surface area contributed by atoms with Crippen LogP contribution in [0.15, 0.2) is 40.3 Å². The topological polar surface area (TPSA) is 147 Å². The highest BCUT2D eigenvalue weighted by Gasteiger charge is 2.42. The molecule has 0 bridgehead atoms. The second kappa shape index (κ2) is 9.42. The number of amides is 1. The third kappa shape index (κ3) is 5.57. The fourth-order valence-electron chi connectivity index (χ4n) is 2.10. The van der Waals surface area contributed by atoms with Gasteiger partial charge in [-0.25, -0.2) is 23.8 Å². The molecule has 3 aromatic rings. The van der Waals surface area contributed by atoms with Gasteiger partial charge in [0.05, 0.1) is 29.8 Å². The van der Waals surface area contributed by atoms with E-state index in [1.807, 2.05) is 0 Å². The molecule has 0 fully saturated rings. The van der Waals surface area contributed by atoms with Crippen LogP contribution in [-0.2, 0) is 16.2 Å². The first-order valence-corrected chi connectivity index (χ1v) is 8.69. The van der Waals surface area contributed by atoms with Crippen molar-refractivity contribution in [1.29, 1.82) is 0 Å². The number of benzene rings is 1. The van der Waals surface area contributed by atoms with Gasteiger partial charge in [0.25, 0.3) is 5.91 Å². The maximum Gasteiger partial charge on any atom is 0.493 e. The van der Waals surface area contributed by atoms with Gasteiger partial charge in [-0.05, 0) is 23.4 Å². The highest BCUT2D eigenvalue weighted by Crippen LogP contribution is 2.23. The van der Waals surface area contributed by atoms with Crippen molar-refractivity contribution in [1.82, 2.24) is 31.1 Å². The van der Waals surface area contributed by atoms with E-state index in [1.165, 1.54) is 12.5 Å². The summed E-state index contributed by atoms with van der Waals surface area (Å²) >= 11 is 5.67. The molecule has 3 rings (SSSR count). The molecule has 0 aliphatic rings. The summed E-state index contributed by atoms with van der Waals surface area (Å²) in [6, 6.07) is 3.14. The van der Waals surface area contributed by atoms with Crippen LogP contribution >= 0.6 is 11.6 Å². The number of hydroxylamine groups is 1. The van der Waals surface area contributed by atoms with Crippen LogP contribution in [-0.4, -0.2) is 44.2 Å². The molecule has 16 heteroatoms. The van der Waals surface area contributed by atoms with Gasteiger partial charge in [-0.2, -0.15) is 18.7 Å². The zero-order valence-electron chi connectivity index (χ0n) is 15.4. The molecule has 168 valence electrons. The van der Waals surface area contributed by atoms with Crippen LogP contribution in [0.3, 0.4) is 0 Å². The number of aromatic nitrogens is 4. The molecule has 32 heavy (non-hydrogen) atoms. The van der Waals surface area contributed by atoms with Gasteiger partial charge in [-0.15, -0.1) is 0 Å². The average molecular weight is 476 g/mol. The van der Waals surface area contributed by atoms with Crippen molar-refractivity contribution in [2.24, 2.45) is 4.99 Å². The van der Waals surface area contributed by atoms with Crippen molar-refractivity contribution in [3.05, 3.63) is 58.6 Å². The predicted molar refractivity (Wildman–Crippen MR) is 96.9 cm³/mol. The average Bonchev–Trinajstić information content (AvgIpc) is 3.43. The molecule has 2 heterocycles. The van der Waals surface area contributed by atoms with Gasteiger partial charge in [0, 0.05) is 0 Å². The van der Waals surface area contributed by atoms with E-state index in [0.29, 0.717) is 0 Å². The van der Waals surface area contributed by atoms with Gasteiger partial charge in [0.2, 0.25) is 0 Å². The van der Waals surface area contributed by atoms with Crippen LogP contribution in [0.4, 0.5) is 23.2 Å². The monoisotopic (exact) mass is 475 g/mol. The smallest absolute Gasteiger partial charge is 0.345 e. The summed E-state index contributed by atoms with van der Waals surface area (Å²) in [6.45, 7) is -0.311. The summed E-state index contributed by atoms with van der Waals surface area (Å²) in [5.41, 5.74) is 1.38. The van der Waals surface area contributed by atoms with Crippen molar-refractivity contribution in [3.63, 3.8) is 0 Å². The summed E-state index contributed by atoms with van der Waals surface area (Å²) in [5, 5.41) is 9.15. The van der Waals surface area contributed by atoms with Crippen molar-refractivity contribution < 1.29 is 36.6 Å². The van der Waals surface area contributed by atoms with Crippen LogP contribution in [0.2, 0.25) is 5.02 Å². The van der Waals surface area contributed by atoms with Crippen LogP contribution < -0.4 is 10.8 Å². The van der Waals surface area contributed by atoms with E-state index in [-0.39, 0.29) is 34.3 Å². The zero-order valence-corrected chi connectivity index (χ0v) is 16.2. The van der Waals surface area contributed by atoms with Gasteiger partial charge in [-0.1, -0.05) is 16.8 Å². The normalized spacial score (nSPS) is 11.8. The van der Waals surface area contributed by atoms with Gasteiger partial charge in [0.15, 0.2) is 11.5 Å². The Morgan fingerprint density at radius 2 is 2.06 bits per heavy atom. The van der Waals surface area contributed by atoms with Crippen LogP contribution in [0.25, 0.3) is 0 Å². The minimum atomic E-state index is -5.31. The number of hydrogen-bond donors (Lipinski definition) is 3. The molecule has 0 radical (unpaired) electrons. The molecule has 0 aliphatic heterocycles. The first kappa shape index (κ1) is 22.7. The number of nitrogens with one attached hydrogen (secondary N) is 3. The van der Waals surface area contributed by atoms with Crippen molar-refractivity contribution in [2.45, 2.75) is 12.7 Å². The largest absolute Gasteiger partial charge is 0.493 e. The van der Waals surface area contributed by atoms with Crippen LogP contribution in [0, 0.1) is 5.82 Å². The second-order valence-corrected chi connectivity index (χ2v) is 6.16. The summed E-state index contributed by atoms with van der Waals surface area (Å²) in [6.07, 6.45) is -2.78. The number of H-pyrrole nitrogens is 1. The first-order valence-electron chi connectivity index (χ1n) is 8.31. The fourth-order valence-corrected chi connectivity index (χ4v) is 2.28. The van der Waals surface area contributed by atoms with Gasteiger partial charge in [0.1, 0.15) is 17.2 Å². The molecule has 0 saturated heterocycles. The number of imidazole rings is 1. The molecule has 0 aliphatic carbocycles. The van der Waals surface area contributed by atoms with E-state index < -0.39 is 29.7 Å². The molecule has 3 N–H and O–H groups in total. The second-order valence-electron chi connectivity index (χ2n) is 5.76. The van der Waals surface area contributed by atoms with Crippen molar-refractivity contribution >= 4 is 35.0 Å². The summed E-state index contributed by atoms with van der Waals surface area (Å²) in [5.74, 6) is -4.50. The SMILES string of the molecule is O=C(NCc1nonc1C(=Nc1ccc(F)c(Cl)c1)NOC(=O)C(F)(F)F)c1cnc[nH]1. The highest BCUT2D eigenvalue weighted by atomic mass is 35.5. The summed E-state index contributed by atoms with van der Waals surface area (Å²) in [7, 11) is 0. The van der Waals surface area contributed by atoms with E-state index in [9.17, 15) is 27.2 Å². The number of halogens is 5. The Morgan fingerprint density at radius 3 is 2.72 bits per heavy atom. The maximum atomic E-state index is 13.4. The molecule has 2 aromatic heterocycles. The number of carbonyl (C=O) groups excluding carboxylic acids is 2. The summed E-state index contributed by atoms with van der Waals surface area (Å²) in [4.78, 5) is 37.2. The lowest BCUT2D eigenvalue weighted by molar-refractivity contribution is -0.203. The Morgan fingerprint density at radius 1 is 1.28 bits per heavy atom. The Labute approximate surface area is 179 Å². The third-order valence-electron chi connectivity index (χ3n) is 3.56. The van der Waals surface area contributed by atoms with E-state index in [4.69, 9.17) is 11.6 Å². The Kier molecular flexibility index (Phi) is 6.67. The molecular formula is C16H10ClF4N7O4. The van der Waals surface area contributed by atoms with E-state index in [2.05, 4.69) is 40.1 Å². The predicted octanol–water partition coefficient (Wildman–Crippen LogP) is 2.20. The molecule has 1 aromatic carbocycles. The fraction of sp³-hybridized carbons (Fsp3) is 0.125. The Bertz CT molecular complexity index is 1150. The molecular weight excluding hydrogens is 466 g/mol. The lowest BCUT2D eigenvalue weighted by Crippen LogP contribution is -2.36. The maximum absolute atomic E-state index is 13.4. The number of aromatic amines is 1. The van der Waals surface area contributed by atoms with Crippen LogP contribution in [0.5, 0.6) is 0 Å².